The average Bonchev–Trinajstić information content (AvgIpc) is 2.37. The molecule has 0 spiro atoms. The van der Waals surface area contributed by atoms with Crippen LogP contribution in [0.4, 0.5) is 0 Å². The molecule has 0 atom stereocenters. The van der Waals surface area contributed by atoms with Crippen LogP contribution in [0.3, 0.4) is 0 Å². The van der Waals surface area contributed by atoms with Crippen molar-refractivity contribution in [3.63, 3.8) is 0 Å². The number of rotatable bonds is 3. The first-order valence-electron chi connectivity index (χ1n) is 5.68. The Morgan fingerprint density at radius 2 is 1.68 bits per heavy atom. The van der Waals surface area contributed by atoms with Crippen molar-refractivity contribution < 1.29 is 4.74 Å². The maximum absolute atomic E-state index is 6.11. The molecule has 2 aromatic rings. The van der Waals surface area contributed by atoms with Crippen LogP contribution in [-0.4, -0.2) is 4.98 Å². The molecule has 0 radical (unpaired) electrons. The lowest BCUT2D eigenvalue weighted by Gasteiger charge is -2.10. The molecule has 0 bridgehead atoms. The van der Waals surface area contributed by atoms with E-state index in [0.717, 1.165) is 21.9 Å². The third-order valence-corrected chi connectivity index (χ3v) is 3.82. The molecule has 19 heavy (non-hydrogen) atoms. The predicted octanol–water partition coefficient (Wildman–Crippen LogP) is 5.24. The van der Waals surface area contributed by atoms with Gasteiger partial charge in [-0.15, -0.1) is 0 Å². The van der Waals surface area contributed by atoms with E-state index in [1.807, 2.05) is 26.0 Å². The number of pyridine rings is 1. The topological polar surface area (TPSA) is 22.1 Å². The maximum atomic E-state index is 6.11. The predicted molar refractivity (Wildman–Crippen MR) is 79.5 cm³/mol. The average molecular weight is 317 g/mol. The highest BCUT2D eigenvalue weighted by atomic mass is 35.5. The maximum Gasteiger partial charge on any atom is 0.132 e. The molecule has 5 heteroatoms. The van der Waals surface area contributed by atoms with Crippen LogP contribution in [0.1, 0.15) is 16.8 Å². The van der Waals surface area contributed by atoms with Gasteiger partial charge in [-0.1, -0.05) is 34.8 Å². The molecule has 0 saturated carbocycles. The van der Waals surface area contributed by atoms with Crippen molar-refractivity contribution in [3.8, 4) is 5.75 Å². The summed E-state index contributed by atoms with van der Waals surface area (Å²) < 4.78 is 5.68. The van der Waals surface area contributed by atoms with Gasteiger partial charge in [0.1, 0.15) is 17.5 Å². The highest BCUT2D eigenvalue weighted by Crippen LogP contribution is 2.27. The van der Waals surface area contributed by atoms with Crippen molar-refractivity contribution in [2.75, 3.05) is 0 Å². The highest BCUT2D eigenvalue weighted by Gasteiger charge is 2.07. The van der Waals surface area contributed by atoms with Gasteiger partial charge in [0.05, 0.1) is 10.7 Å². The minimum absolute atomic E-state index is 0.264. The van der Waals surface area contributed by atoms with E-state index in [0.29, 0.717) is 15.9 Å². The van der Waals surface area contributed by atoms with E-state index in [4.69, 9.17) is 39.5 Å². The lowest BCUT2D eigenvalue weighted by molar-refractivity contribution is 0.301. The zero-order valence-corrected chi connectivity index (χ0v) is 12.8. The van der Waals surface area contributed by atoms with Crippen molar-refractivity contribution in [2.45, 2.75) is 20.5 Å². The lowest BCUT2D eigenvalue weighted by Crippen LogP contribution is -2.00. The molecule has 1 heterocycles. The van der Waals surface area contributed by atoms with Gasteiger partial charge in [-0.25, -0.2) is 4.98 Å². The SMILES string of the molecule is Cc1cc(OCc2nc(Cl)ccc2Cl)cc(C)c1Cl. The van der Waals surface area contributed by atoms with E-state index in [1.165, 1.54) is 0 Å². The van der Waals surface area contributed by atoms with Crippen molar-refractivity contribution in [1.29, 1.82) is 0 Å². The first-order valence-corrected chi connectivity index (χ1v) is 6.81. The van der Waals surface area contributed by atoms with Gasteiger partial charge in [0, 0.05) is 5.02 Å². The van der Waals surface area contributed by atoms with Gasteiger partial charge in [-0.05, 0) is 49.2 Å². The van der Waals surface area contributed by atoms with Gasteiger partial charge in [0.2, 0.25) is 0 Å². The molecule has 1 aromatic heterocycles. The Balaban J connectivity index is 2.17. The fraction of sp³-hybridized carbons (Fsp3) is 0.214. The number of hydrogen-bond acceptors (Lipinski definition) is 2. The molecule has 100 valence electrons. The van der Waals surface area contributed by atoms with Crippen LogP contribution in [0.15, 0.2) is 24.3 Å². The van der Waals surface area contributed by atoms with Crippen molar-refractivity contribution in [3.05, 3.63) is 56.3 Å². The smallest absolute Gasteiger partial charge is 0.132 e. The molecule has 0 aliphatic heterocycles. The molecule has 0 unspecified atom stereocenters. The Morgan fingerprint density at radius 3 is 2.32 bits per heavy atom. The van der Waals surface area contributed by atoms with E-state index >= 15 is 0 Å². The number of benzene rings is 1. The standard InChI is InChI=1S/C14H12Cl3NO/c1-8-5-10(6-9(2)14(8)17)19-7-12-11(15)3-4-13(16)18-12/h3-6H,7H2,1-2H3. The van der Waals surface area contributed by atoms with Crippen LogP contribution >= 0.6 is 34.8 Å². The molecule has 0 saturated heterocycles. The van der Waals surface area contributed by atoms with Crippen LogP contribution in [0.5, 0.6) is 5.75 Å². The quantitative estimate of drug-likeness (QED) is 0.723. The minimum Gasteiger partial charge on any atom is -0.487 e. The summed E-state index contributed by atoms with van der Waals surface area (Å²) in [4.78, 5) is 4.13. The summed E-state index contributed by atoms with van der Waals surface area (Å²) in [5, 5.41) is 1.68. The highest BCUT2D eigenvalue weighted by molar-refractivity contribution is 6.32. The first-order chi connectivity index (χ1) is 8.97. The molecule has 0 amide bonds. The summed E-state index contributed by atoms with van der Waals surface area (Å²) in [6.45, 7) is 4.14. The number of nitrogens with zero attached hydrogens (tertiary/aromatic N) is 1. The molecule has 2 nitrogen and oxygen atoms in total. The Morgan fingerprint density at radius 1 is 1.05 bits per heavy atom. The van der Waals surface area contributed by atoms with E-state index in [9.17, 15) is 0 Å². The van der Waals surface area contributed by atoms with Crippen molar-refractivity contribution in [2.24, 2.45) is 0 Å². The second-order valence-electron chi connectivity index (χ2n) is 4.22. The number of halogens is 3. The monoisotopic (exact) mass is 315 g/mol. The third kappa shape index (κ3) is 3.53. The Labute approximate surface area is 127 Å². The van der Waals surface area contributed by atoms with Gasteiger partial charge in [0.15, 0.2) is 0 Å². The van der Waals surface area contributed by atoms with Gasteiger partial charge >= 0.3 is 0 Å². The minimum atomic E-state index is 0.264. The van der Waals surface area contributed by atoms with Gasteiger partial charge < -0.3 is 4.74 Å². The van der Waals surface area contributed by atoms with E-state index < -0.39 is 0 Å². The molecular weight excluding hydrogens is 305 g/mol. The molecule has 0 fully saturated rings. The summed E-state index contributed by atoms with van der Waals surface area (Å²) in [5.41, 5.74) is 2.56. The Bertz CT molecular complexity index is 591. The van der Waals surface area contributed by atoms with E-state index in [2.05, 4.69) is 4.98 Å². The Kier molecular flexibility index (Phi) is 4.56. The normalized spacial score (nSPS) is 10.6. The second-order valence-corrected chi connectivity index (χ2v) is 5.39. The number of ether oxygens (including phenoxy) is 1. The van der Waals surface area contributed by atoms with Crippen LogP contribution in [-0.2, 0) is 6.61 Å². The third-order valence-electron chi connectivity index (χ3n) is 2.67. The van der Waals surface area contributed by atoms with Gasteiger partial charge in [-0.2, -0.15) is 0 Å². The molecular formula is C14H12Cl3NO. The zero-order chi connectivity index (χ0) is 14.0. The fourth-order valence-corrected chi connectivity index (χ4v) is 2.13. The zero-order valence-electron chi connectivity index (χ0n) is 10.5. The van der Waals surface area contributed by atoms with Gasteiger partial charge in [-0.3, -0.25) is 0 Å². The largest absolute Gasteiger partial charge is 0.487 e. The summed E-state index contributed by atoms with van der Waals surface area (Å²) in [5.74, 6) is 0.734. The second kappa shape index (κ2) is 6.00. The van der Waals surface area contributed by atoms with Crippen molar-refractivity contribution in [1.82, 2.24) is 4.98 Å². The molecule has 2 rings (SSSR count). The number of aryl methyl sites for hydroxylation is 2. The summed E-state index contributed by atoms with van der Waals surface area (Å²) >= 11 is 18.0. The summed E-state index contributed by atoms with van der Waals surface area (Å²) in [7, 11) is 0. The number of hydrogen-bond donors (Lipinski definition) is 0. The first kappa shape index (κ1) is 14.4. The Hall–Kier alpha value is -0.960. The van der Waals surface area contributed by atoms with Crippen molar-refractivity contribution >= 4 is 34.8 Å². The molecule has 0 aliphatic carbocycles. The fourth-order valence-electron chi connectivity index (χ4n) is 1.70. The molecule has 1 aromatic carbocycles. The van der Waals surface area contributed by atoms with E-state index in [-0.39, 0.29) is 6.61 Å². The van der Waals surface area contributed by atoms with Crippen LogP contribution in [0, 0.1) is 13.8 Å². The summed E-state index contributed by atoms with van der Waals surface area (Å²) in [6, 6.07) is 7.11. The number of aromatic nitrogens is 1. The van der Waals surface area contributed by atoms with Crippen LogP contribution < -0.4 is 4.74 Å². The van der Waals surface area contributed by atoms with Gasteiger partial charge in [0.25, 0.3) is 0 Å². The van der Waals surface area contributed by atoms with Crippen LogP contribution in [0.25, 0.3) is 0 Å². The van der Waals surface area contributed by atoms with Crippen LogP contribution in [0.2, 0.25) is 15.2 Å². The summed E-state index contributed by atoms with van der Waals surface area (Å²) in [6.07, 6.45) is 0. The molecule has 0 N–H and O–H groups in total. The molecule has 0 aliphatic rings. The van der Waals surface area contributed by atoms with E-state index in [1.54, 1.807) is 12.1 Å². The lowest BCUT2D eigenvalue weighted by atomic mass is 10.1.